The topological polar surface area (TPSA) is 20.2 Å². The number of halogens is 3. The molecule has 0 amide bonds. The van der Waals surface area contributed by atoms with E-state index >= 15 is 0 Å². The first kappa shape index (κ1) is 12.1. The van der Waals surface area contributed by atoms with E-state index in [0.717, 1.165) is 0 Å². The zero-order valence-corrected chi connectivity index (χ0v) is 7.88. The Hall–Kier alpha value is 1.35. The van der Waals surface area contributed by atoms with Crippen LogP contribution in [-0.4, -0.2) is 11.2 Å². The Morgan fingerprint density at radius 2 is 1.25 bits per heavy atom. The van der Waals surface area contributed by atoms with Crippen LogP contribution in [0, 0.1) is 0 Å². The van der Waals surface area contributed by atoms with Crippen LogP contribution in [0.5, 0.6) is 0 Å². The SMILES string of the molecule is CC(C)O.[Cl][Fe]([Cl])[Cl]. The summed E-state index contributed by atoms with van der Waals surface area (Å²) in [6, 6.07) is 0. The molecule has 0 radical (unpaired) electrons. The van der Waals surface area contributed by atoms with Crippen LogP contribution >= 0.6 is 30.3 Å². The summed E-state index contributed by atoms with van der Waals surface area (Å²) >= 11 is -1.33. The molecule has 0 aromatic carbocycles. The molecule has 0 aliphatic heterocycles. The van der Waals surface area contributed by atoms with E-state index in [1.807, 2.05) is 0 Å². The Morgan fingerprint density at radius 3 is 1.25 bits per heavy atom. The second-order valence-electron chi connectivity index (χ2n) is 1.25. The van der Waals surface area contributed by atoms with Crippen molar-refractivity contribution >= 4 is 30.3 Å². The summed E-state index contributed by atoms with van der Waals surface area (Å²) < 4.78 is 0. The first-order chi connectivity index (χ1) is 3.46. The van der Waals surface area contributed by atoms with Crippen molar-refractivity contribution in [2.75, 3.05) is 0 Å². The summed E-state index contributed by atoms with van der Waals surface area (Å²) in [6.07, 6.45) is -0.167. The van der Waals surface area contributed by atoms with Gasteiger partial charge in [-0.2, -0.15) is 0 Å². The van der Waals surface area contributed by atoms with Crippen LogP contribution in [0.4, 0.5) is 0 Å². The Labute approximate surface area is 66.5 Å². The Balaban J connectivity index is 0. The molecule has 5 heteroatoms. The van der Waals surface area contributed by atoms with Crippen molar-refractivity contribution in [3.63, 3.8) is 0 Å². The number of aliphatic hydroxyl groups is 1. The Bertz CT molecular complexity index is 30.0. The molecule has 1 nitrogen and oxygen atoms in total. The molecule has 0 rings (SSSR count). The predicted octanol–water partition coefficient (Wildman–Crippen LogP) is 2.45. The Morgan fingerprint density at radius 1 is 1.25 bits per heavy atom. The van der Waals surface area contributed by atoms with E-state index < -0.39 is 11.2 Å². The molecule has 0 aromatic heterocycles. The van der Waals surface area contributed by atoms with Gasteiger partial charge in [-0.05, 0) is 13.8 Å². The predicted molar refractivity (Wildman–Crippen MR) is 34.9 cm³/mol. The monoisotopic (exact) mass is 221 g/mol. The summed E-state index contributed by atoms with van der Waals surface area (Å²) in [5, 5.41) is 8.06. The molecule has 0 aromatic rings. The van der Waals surface area contributed by atoms with Crippen LogP contribution in [0.25, 0.3) is 0 Å². The third-order valence-electron chi connectivity index (χ3n) is 0. The van der Waals surface area contributed by atoms with Crippen molar-refractivity contribution in [2.45, 2.75) is 20.0 Å². The average molecular weight is 222 g/mol. The average Bonchev–Trinajstić information content (AvgIpc) is 1.25. The van der Waals surface area contributed by atoms with Gasteiger partial charge in [-0.25, -0.2) is 0 Å². The van der Waals surface area contributed by atoms with Gasteiger partial charge in [0.1, 0.15) is 0 Å². The van der Waals surface area contributed by atoms with E-state index in [1.54, 1.807) is 13.8 Å². The van der Waals surface area contributed by atoms with E-state index in [1.165, 1.54) is 0 Å². The molecular formula is C3H8Cl3FeO. The van der Waals surface area contributed by atoms with Crippen molar-refractivity contribution in [3.05, 3.63) is 0 Å². The standard InChI is InChI=1S/C3H8O.3ClH.Fe/c1-3(2)4;;;;/h3-4H,1-2H3;3*1H;/q;;;;+3/p-3. The molecule has 0 saturated heterocycles. The number of aliphatic hydroxyl groups excluding tert-OH is 1. The second kappa shape index (κ2) is 8.35. The fraction of sp³-hybridized carbons (Fsp3) is 1.00. The van der Waals surface area contributed by atoms with Gasteiger partial charge in [0.2, 0.25) is 0 Å². The molecule has 0 atom stereocenters. The molecule has 0 saturated carbocycles. The zero-order chi connectivity index (χ0) is 7.15. The van der Waals surface area contributed by atoms with Crippen LogP contribution in [0.3, 0.4) is 0 Å². The van der Waals surface area contributed by atoms with Gasteiger partial charge >= 0.3 is 41.5 Å². The van der Waals surface area contributed by atoms with Gasteiger partial charge in [-0.1, -0.05) is 0 Å². The molecule has 0 aliphatic rings. The van der Waals surface area contributed by atoms with Gasteiger partial charge in [0.05, 0.1) is 0 Å². The fourth-order valence-electron chi connectivity index (χ4n) is 0. The second-order valence-corrected chi connectivity index (χ2v) is 6.72. The first-order valence-corrected chi connectivity index (χ1v) is 6.37. The minimum atomic E-state index is -1.33. The van der Waals surface area contributed by atoms with Crippen LogP contribution in [0.15, 0.2) is 0 Å². The molecular weight excluding hydrogens is 214 g/mol. The molecule has 1 N–H and O–H groups in total. The molecule has 0 spiro atoms. The third kappa shape index (κ3) is 163. The van der Waals surface area contributed by atoms with Crippen LogP contribution in [0.1, 0.15) is 13.8 Å². The van der Waals surface area contributed by atoms with Gasteiger partial charge in [0, 0.05) is 6.10 Å². The minimum absolute atomic E-state index is 0.167. The van der Waals surface area contributed by atoms with Crippen LogP contribution in [0.2, 0.25) is 0 Å². The maximum absolute atomic E-state index is 8.06. The van der Waals surface area contributed by atoms with Crippen LogP contribution < -0.4 is 0 Å². The fourth-order valence-corrected chi connectivity index (χ4v) is 0. The molecule has 8 heavy (non-hydrogen) atoms. The third-order valence-corrected chi connectivity index (χ3v) is 0. The number of hydrogen-bond acceptors (Lipinski definition) is 1. The van der Waals surface area contributed by atoms with Crippen molar-refractivity contribution < 1.29 is 16.3 Å². The maximum atomic E-state index is 8.06. The van der Waals surface area contributed by atoms with E-state index in [2.05, 4.69) is 0 Å². The van der Waals surface area contributed by atoms with Crippen LogP contribution in [-0.2, 0) is 11.2 Å². The molecule has 0 bridgehead atoms. The van der Waals surface area contributed by atoms with Gasteiger partial charge < -0.3 is 5.11 Å². The first-order valence-electron chi connectivity index (χ1n) is 1.81. The van der Waals surface area contributed by atoms with Crippen molar-refractivity contribution in [1.29, 1.82) is 0 Å². The van der Waals surface area contributed by atoms with E-state index in [4.69, 9.17) is 35.4 Å². The van der Waals surface area contributed by atoms with E-state index in [0.29, 0.717) is 0 Å². The van der Waals surface area contributed by atoms with Crippen molar-refractivity contribution in [2.24, 2.45) is 0 Å². The quantitative estimate of drug-likeness (QED) is 0.624. The molecule has 0 heterocycles. The van der Waals surface area contributed by atoms with E-state index in [9.17, 15) is 0 Å². The molecule has 0 aliphatic carbocycles. The summed E-state index contributed by atoms with van der Waals surface area (Å²) in [4.78, 5) is 0. The van der Waals surface area contributed by atoms with Crippen molar-refractivity contribution in [1.82, 2.24) is 0 Å². The molecule has 0 unspecified atom stereocenters. The van der Waals surface area contributed by atoms with Gasteiger partial charge in [-0.3, -0.25) is 0 Å². The summed E-state index contributed by atoms with van der Waals surface area (Å²) in [6.45, 7) is 3.44. The Kier molecular flexibility index (Phi) is 12.6. The number of hydrogen-bond donors (Lipinski definition) is 1. The van der Waals surface area contributed by atoms with Crippen molar-refractivity contribution in [3.8, 4) is 0 Å². The van der Waals surface area contributed by atoms with E-state index in [-0.39, 0.29) is 6.10 Å². The normalized spacial score (nSPS) is 10.1. The van der Waals surface area contributed by atoms with Gasteiger partial charge in [0.15, 0.2) is 0 Å². The summed E-state index contributed by atoms with van der Waals surface area (Å²) in [5.74, 6) is 0. The van der Waals surface area contributed by atoms with Gasteiger partial charge in [-0.15, -0.1) is 0 Å². The zero-order valence-electron chi connectivity index (χ0n) is 4.51. The molecule has 0 fully saturated rings. The molecule has 55 valence electrons. The summed E-state index contributed by atoms with van der Waals surface area (Å²) in [5.41, 5.74) is 0. The summed E-state index contributed by atoms with van der Waals surface area (Å²) in [7, 11) is 14.7. The van der Waals surface area contributed by atoms with Gasteiger partial charge in [0.25, 0.3) is 0 Å². The number of rotatable bonds is 0.